The molecular weight excluding hydrogens is 316 g/mol. The summed E-state index contributed by atoms with van der Waals surface area (Å²) in [6.07, 6.45) is 5.95. The van der Waals surface area contributed by atoms with Gasteiger partial charge >= 0.3 is 6.03 Å². The van der Waals surface area contributed by atoms with E-state index in [-0.39, 0.29) is 31.6 Å². The van der Waals surface area contributed by atoms with Gasteiger partial charge in [0, 0.05) is 31.5 Å². The molecular formula is C17H23F2N3O2. The Bertz CT molecular complexity index is 574. The van der Waals surface area contributed by atoms with Crippen molar-refractivity contribution in [1.82, 2.24) is 9.88 Å². The summed E-state index contributed by atoms with van der Waals surface area (Å²) in [7, 11) is 0. The van der Waals surface area contributed by atoms with E-state index in [1.54, 1.807) is 12.1 Å². The second-order valence-electron chi connectivity index (χ2n) is 6.70. The standard InChI is InChI=1S/C17H23F2N3O2/c1-12-11-22(9-8-17(12,18)19)16(23)21-13-6-7-15(20-10-13)24-14-4-2-3-5-14/h6-7,10,12,14H,2-5,8-9,11H2,1H3,(H,21,23). The molecule has 2 amide bonds. The zero-order chi connectivity index (χ0) is 17.2. The Kier molecular flexibility index (Phi) is 4.87. The Morgan fingerprint density at radius 3 is 2.75 bits per heavy atom. The number of anilines is 1. The van der Waals surface area contributed by atoms with Crippen LogP contribution in [0.5, 0.6) is 5.88 Å². The zero-order valence-corrected chi connectivity index (χ0v) is 13.8. The van der Waals surface area contributed by atoms with Crippen LogP contribution >= 0.6 is 0 Å². The van der Waals surface area contributed by atoms with E-state index in [4.69, 9.17) is 4.74 Å². The van der Waals surface area contributed by atoms with Crippen molar-refractivity contribution < 1.29 is 18.3 Å². The van der Waals surface area contributed by atoms with Gasteiger partial charge in [-0.1, -0.05) is 6.92 Å². The fraction of sp³-hybridized carbons (Fsp3) is 0.647. The molecule has 24 heavy (non-hydrogen) atoms. The summed E-state index contributed by atoms with van der Waals surface area (Å²) in [5.41, 5.74) is 0.531. The number of nitrogens with one attached hydrogen (secondary N) is 1. The Labute approximate surface area is 140 Å². The molecule has 5 nitrogen and oxygen atoms in total. The summed E-state index contributed by atoms with van der Waals surface area (Å²) in [5.74, 6) is -2.99. The van der Waals surface area contributed by atoms with E-state index in [9.17, 15) is 13.6 Å². The lowest BCUT2D eigenvalue weighted by Gasteiger charge is -2.36. The molecule has 0 bridgehead atoms. The minimum atomic E-state index is -2.70. The molecule has 1 saturated carbocycles. The third-order valence-corrected chi connectivity index (χ3v) is 4.79. The van der Waals surface area contributed by atoms with Crippen LogP contribution in [0.15, 0.2) is 18.3 Å². The molecule has 2 fully saturated rings. The Morgan fingerprint density at radius 2 is 2.12 bits per heavy atom. The third kappa shape index (κ3) is 3.94. The van der Waals surface area contributed by atoms with Crippen molar-refractivity contribution in [2.75, 3.05) is 18.4 Å². The predicted octanol–water partition coefficient (Wildman–Crippen LogP) is 3.91. The first kappa shape index (κ1) is 16.9. The molecule has 2 aliphatic rings. The van der Waals surface area contributed by atoms with Crippen molar-refractivity contribution in [3.05, 3.63) is 18.3 Å². The molecule has 0 aromatic carbocycles. The van der Waals surface area contributed by atoms with Crippen molar-refractivity contribution >= 4 is 11.7 Å². The molecule has 1 aromatic heterocycles. The summed E-state index contributed by atoms with van der Waals surface area (Å²) in [4.78, 5) is 17.8. The molecule has 132 valence electrons. The number of carbonyl (C=O) groups excluding carboxylic acids is 1. The van der Waals surface area contributed by atoms with Crippen LogP contribution in [0.1, 0.15) is 39.0 Å². The Balaban J connectivity index is 1.53. The molecule has 1 N–H and O–H groups in total. The zero-order valence-electron chi connectivity index (χ0n) is 13.8. The Hall–Kier alpha value is -1.92. The van der Waals surface area contributed by atoms with E-state index in [2.05, 4.69) is 10.3 Å². The highest BCUT2D eigenvalue weighted by Crippen LogP contribution is 2.33. The summed E-state index contributed by atoms with van der Waals surface area (Å²) in [6, 6.07) is 3.07. The molecule has 1 atom stereocenters. The quantitative estimate of drug-likeness (QED) is 0.908. The summed E-state index contributed by atoms with van der Waals surface area (Å²) >= 11 is 0. The number of rotatable bonds is 3. The van der Waals surface area contributed by atoms with Gasteiger partial charge in [-0.2, -0.15) is 0 Å². The number of carbonyl (C=O) groups is 1. The molecule has 1 aliphatic carbocycles. The van der Waals surface area contributed by atoms with Crippen molar-refractivity contribution in [3.8, 4) is 5.88 Å². The molecule has 7 heteroatoms. The molecule has 3 rings (SSSR count). The van der Waals surface area contributed by atoms with Crippen LogP contribution in [0.25, 0.3) is 0 Å². The van der Waals surface area contributed by atoms with Gasteiger partial charge in [-0.15, -0.1) is 0 Å². The van der Waals surface area contributed by atoms with Crippen LogP contribution in [-0.2, 0) is 0 Å². The van der Waals surface area contributed by atoms with Crippen LogP contribution in [0.2, 0.25) is 0 Å². The topological polar surface area (TPSA) is 54.5 Å². The fourth-order valence-electron chi connectivity index (χ4n) is 3.17. The van der Waals surface area contributed by atoms with Gasteiger partial charge < -0.3 is 15.0 Å². The first-order chi connectivity index (χ1) is 11.4. The van der Waals surface area contributed by atoms with Crippen LogP contribution in [0, 0.1) is 5.92 Å². The summed E-state index contributed by atoms with van der Waals surface area (Å²) < 4.78 is 32.8. The average Bonchev–Trinajstić information content (AvgIpc) is 3.05. The maximum Gasteiger partial charge on any atom is 0.321 e. The fourth-order valence-corrected chi connectivity index (χ4v) is 3.17. The number of urea groups is 1. The SMILES string of the molecule is CC1CN(C(=O)Nc2ccc(OC3CCCC3)nc2)CCC1(F)F. The normalized spacial score (nSPS) is 24.0. The van der Waals surface area contributed by atoms with Gasteiger partial charge in [0.15, 0.2) is 0 Å². The lowest BCUT2D eigenvalue weighted by molar-refractivity contribution is -0.0899. The largest absolute Gasteiger partial charge is 0.474 e. The number of halogens is 2. The van der Waals surface area contributed by atoms with Crippen LogP contribution in [0.4, 0.5) is 19.3 Å². The van der Waals surface area contributed by atoms with E-state index in [1.165, 1.54) is 30.9 Å². The van der Waals surface area contributed by atoms with Crippen molar-refractivity contribution in [2.45, 2.75) is 51.1 Å². The number of alkyl halides is 2. The van der Waals surface area contributed by atoms with E-state index in [0.717, 1.165) is 12.8 Å². The first-order valence-electron chi connectivity index (χ1n) is 8.50. The van der Waals surface area contributed by atoms with Gasteiger partial charge in [0.05, 0.1) is 11.9 Å². The van der Waals surface area contributed by atoms with E-state index >= 15 is 0 Å². The number of hydrogen-bond acceptors (Lipinski definition) is 3. The minimum Gasteiger partial charge on any atom is -0.474 e. The maximum atomic E-state index is 13.5. The molecule has 1 unspecified atom stereocenters. The number of pyridine rings is 1. The van der Waals surface area contributed by atoms with Crippen molar-refractivity contribution in [3.63, 3.8) is 0 Å². The highest BCUT2D eigenvalue weighted by molar-refractivity contribution is 5.89. The smallest absolute Gasteiger partial charge is 0.321 e. The molecule has 2 heterocycles. The van der Waals surface area contributed by atoms with Gasteiger partial charge in [-0.25, -0.2) is 18.6 Å². The lowest BCUT2D eigenvalue weighted by Crippen LogP contribution is -2.49. The van der Waals surface area contributed by atoms with Crippen LogP contribution < -0.4 is 10.1 Å². The number of aromatic nitrogens is 1. The van der Waals surface area contributed by atoms with Gasteiger partial charge in [0.2, 0.25) is 5.88 Å². The highest BCUT2D eigenvalue weighted by atomic mass is 19.3. The van der Waals surface area contributed by atoms with Crippen molar-refractivity contribution in [1.29, 1.82) is 0 Å². The number of amides is 2. The molecule has 1 aromatic rings. The van der Waals surface area contributed by atoms with Gasteiger partial charge in [-0.05, 0) is 31.7 Å². The second-order valence-corrected chi connectivity index (χ2v) is 6.70. The monoisotopic (exact) mass is 339 g/mol. The van der Waals surface area contributed by atoms with E-state index in [1.807, 2.05) is 0 Å². The molecule has 0 radical (unpaired) electrons. The predicted molar refractivity (Wildman–Crippen MR) is 86.4 cm³/mol. The third-order valence-electron chi connectivity index (χ3n) is 4.79. The average molecular weight is 339 g/mol. The number of piperidine rings is 1. The number of hydrogen-bond donors (Lipinski definition) is 1. The summed E-state index contributed by atoms with van der Waals surface area (Å²) in [6.45, 7) is 1.57. The van der Waals surface area contributed by atoms with E-state index < -0.39 is 11.8 Å². The van der Waals surface area contributed by atoms with E-state index in [0.29, 0.717) is 11.6 Å². The summed E-state index contributed by atoms with van der Waals surface area (Å²) in [5, 5.41) is 2.70. The first-order valence-corrected chi connectivity index (χ1v) is 8.50. The van der Waals surface area contributed by atoms with Gasteiger partial charge in [-0.3, -0.25) is 0 Å². The molecule has 1 aliphatic heterocycles. The highest BCUT2D eigenvalue weighted by Gasteiger charge is 2.42. The van der Waals surface area contributed by atoms with Gasteiger partial charge in [0.25, 0.3) is 5.92 Å². The minimum absolute atomic E-state index is 0.0507. The van der Waals surface area contributed by atoms with Crippen molar-refractivity contribution in [2.24, 2.45) is 5.92 Å². The number of likely N-dealkylation sites (tertiary alicyclic amines) is 1. The van der Waals surface area contributed by atoms with Crippen LogP contribution in [-0.4, -0.2) is 41.0 Å². The second kappa shape index (κ2) is 6.91. The number of nitrogens with zero attached hydrogens (tertiary/aromatic N) is 2. The van der Waals surface area contributed by atoms with Gasteiger partial charge in [0.1, 0.15) is 6.10 Å². The van der Waals surface area contributed by atoms with Crippen LogP contribution in [0.3, 0.4) is 0 Å². The Morgan fingerprint density at radius 1 is 1.38 bits per heavy atom. The number of ether oxygens (including phenoxy) is 1. The maximum absolute atomic E-state index is 13.5. The molecule has 0 spiro atoms. The molecule has 1 saturated heterocycles. The lowest BCUT2D eigenvalue weighted by atomic mass is 9.96.